The molecule has 2 aliphatic rings. The van der Waals surface area contributed by atoms with Crippen molar-refractivity contribution in [2.24, 2.45) is 0 Å². The quantitative estimate of drug-likeness (QED) is 0.165. The molecule has 374 valence electrons. The number of furan rings is 2. The van der Waals surface area contributed by atoms with Gasteiger partial charge in [0.15, 0.2) is 11.2 Å². The molecule has 0 unspecified atom stereocenters. The summed E-state index contributed by atoms with van der Waals surface area (Å²) in [6.07, 6.45) is 0. The van der Waals surface area contributed by atoms with Gasteiger partial charge in [0.1, 0.15) is 11.2 Å². The minimum absolute atomic E-state index is 0.00990. The van der Waals surface area contributed by atoms with E-state index in [2.05, 4.69) is 267 Å². The van der Waals surface area contributed by atoms with Gasteiger partial charge in [0.05, 0.1) is 22.4 Å². The second-order valence-corrected chi connectivity index (χ2v) is 25.8. The maximum atomic E-state index is 7.22. The molecule has 0 atom stereocenters. The predicted molar refractivity (Wildman–Crippen MR) is 324 cm³/mol. The molecular weight excluding hydrogens is 926 g/mol. The molecule has 0 amide bonds. The Labute approximate surface area is 446 Å². The molecule has 0 radical (unpaired) electrons. The summed E-state index contributed by atoms with van der Waals surface area (Å²) < 4.78 is 16.9. The van der Waals surface area contributed by atoms with Crippen LogP contribution in [0.25, 0.3) is 82.5 Å². The summed E-state index contributed by atoms with van der Waals surface area (Å²) in [6.45, 7) is 27.4. The Morgan fingerprint density at radius 3 is 1.55 bits per heavy atom. The summed E-state index contributed by atoms with van der Waals surface area (Å²) >= 11 is 0. The van der Waals surface area contributed by atoms with Crippen molar-refractivity contribution in [3.63, 3.8) is 0 Å². The van der Waals surface area contributed by atoms with E-state index in [1.807, 2.05) is 0 Å². The van der Waals surface area contributed by atoms with Crippen molar-refractivity contribution >= 4 is 112 Å². The van der Waals surface area contributed by atoms with Crippen LogP contribution in [0.5, 0.6) is 0 Å². The minimum Gasteiger partial charge on any atom is -0.454 e. The zero-order valence-electron chi connectivity index (χ0n) is 45.9. The first-order valence-corrected chi connectivity index (χ1v) is 27.2. The Bertz CT molecular complexity index is 4330. The van der Waals surface area contributed by atoms with E-state index >= 15 is 0 Å². The number of hydrogen-bond donors (Lipinski definition) is 0. The van der Waals surface area contributed by atoms with Crippen molar-refractivity contribution in [3.8, 4) is 16.8 Å². The van der Waals surface area contributed by atoms with E-state index < -0.39 is 0 Å². The van der Waals surface area contributed by atoms with Crippen molar-refractivity contribution in [3.05, 3.63) is 192 Å². The molecule has 2 aliphatic heterocycles. The lowest BCUT2D eigenvalue weighted by molar-refractivity contribution is 0.590. The Balaban J connectivity index is 1.14. The smallest absolute Gasteiger partial charge is 0.333 e. The van der Waals surface area contributed by atoms with Gasteiger partial charge in [-0.05, 0) is 139 Å². The van der Waals surface area contributed by atoms with Crippen LogP contribution in [0.3, 0.4) is 0 Å². The number of hydrogen-bond acceptors (Lipinski definition) is 4. The Morgan fingerprint density at radius 1 is 0.395 bits per heavy atom. The summed E-state index contributed by atoms with van der Waals surface area (Å²) in [4.78, 5) is 5.08. The third-order valence-electron chi connectivity index (χ3n) is 16.8. The average Bonchev–Trinajstić information content (AvgIpc) is 4.10. The first-order valence-electron chi connectivity index (χ1n) is 27.2. The third-order valence-corrected chi connectivity index (χ3v) is 16.8. The molecule has 12 aromatic rings. The van der Waals surface area contributed by atoms with E-state index in [1.54, 1.807) is 0 Å². The highest BCUT2D eigenvalue weighted by Crippen LogP contribution is 2.52. The molecule has 76 heavy (non-hydrogen) atoms. The van der Waals surface area contributed by atoms with Crippen LogP contribution in [0.4, 0.5) is 28.4 Å². The summed E-state index contributed by atoms with van der Waals surface area (Å²) in [5, 5.41) is 6.94. The van der Waals surface area contributed by atoms with E-state index in [9.17, 15) is 0 Å². The highest BCUT2D eigenvalue weighted by molar-refractivity contribution is 6.94. The number of aromatic nitrogens is 1. The molecular formula is C70H64BN3O2. The van der Waals surface area contributed by atoms with Gasteiger partial charge in [0, 0.05) is 60.6 Å². The Hall–Kier alpha value is -7.96. The molecule has 3 aromatic heterocycles. The van der Waals surface area contributed by atoms with Gasteiger partial charge in [-0.25, -0.2) is 0 Å². The van der Waals surface area contributed by atoms with Crippen LogP contribution in [0.2, 0.25) is 0 Å². The highest BCUT2D eigenvalue weighted by atomic mass is 16.3. The third kappa shape index (κ3) is 6.84. The van der Waals surface area contributed by atoms with E-state index in [1.165, 1.54) is 60.5 Å². The SMILES string of the molecule is CC(C)(C)c1ccc(N(c2ccc(C(C)(C)C)cc2)c2ccc3c(c2)N(c2cccc4c2oc2ccccc24)B2c4c-3cc3c(oc5ccccc53)c4-n3c4ccc(C(C)(C)C)cc4c4cc(C(C)(C)C)cc2c43)cc1. The standard InChI is InChI=1S/C70H64BN3O2/c1-67(2,3)41-24-29-45(30-25-41)72(46-31-26-42(27-32-46)68(4,5)6)47-33-34-48-53-40-55-50-19-14-16-23-61(50)76-66(55)64-62(53)71(74(59(48)39-47)58-21-17-20-51-49-18-13-15-22-60(49)75-65(51)58)56-38-44(70(10,11)12)37-54-52-36-43(69(7,8)9)28-35-57(52)73(64)63(54)56/h13-40H,1-12H3. The van der Waals surface area contributed by atoms with E-state index in [-0.39, 0.29) is 28.5 Å². The van der Waals surface area contributed by atoms with Crippen molar-refractivity contribution in [2.75, 3.05) is 9.71 Å². The molecule has 0 spiro atoms. The first-order chi connectivity index (χ1) is 36.2. The number of rotatable bonds is 4. The predicted octanol–water partition coefficient (Wildman–Crippen LogP) is 18.5. The van der Waals surface area contributed by atoms with Crippen LogP contribution in [0, 0.1) is 0 Å². The van der Waals surface area contributed by atoms with Gasteiger partial charge in [-0.15, -0.1) is 0 Å². The summed E-state index contributed by atoms with van der Waals surface area (Å²) in [7, 11) is 0. The van der Waals surface area contributed by atoms with Gasteiger partial charge in [0.25, 0.3) is 0 Å². The number of nitrogens with zero attached hydrogens (tertiary/aromatic N) is 3. The van der Waals surface area contributed by atoms with E-state index in [0.29, 0.717) is 0 Å². The number of anilines is 5. The lowest BCUT2D eigenvalue weighted by Gasteiger charge is -2.43. The van der Waals surface area contributed by atoms with Crippen LogP contribution in [-0.4, -0.2) is 11.4 Å². The second kappa shape index (κ2) is 15.8. The Morgan fingerprint density at radius 2 is 0.934 bits per heavy atom. The number of fused-ring (bicyclic) bond motifs is 14. The fourth-order valence-electron chi connectivity index (χ4n) is 12.6. The number of para-hydroxylation sites is 3. The molecule has 5 heterocycles. The molecule has 14 rings (SSSR count). The molecule has 9 aromatic carbocycles. The first kappa shape index (κ1) is 46.6. The van der Waals surface area contributed by atoms with Crippen LogP contribution in [0.15, 0.2) is 179 Å². The molecule has 0 fully saturated rings. The van der Waals surface area contributed by atoms with Crippen molar-refractivity contribution in [1.82, 2.24) is 4.57 Å². The molecule has 6 heteroatoms. The van der Waals surface area contributed by atoms with Crippen molar-refractivity contribution in [2.45, 2.75) is 105 Å². The molecule has 0 N–H and O–H groups in total. The Kier molecular flexibility index (Phi) is 9.68. The maximum absolute atomic E-state index is 7.22. The normalized spacial score (nSPS) is 13.7. The molecule has 5 nitrogen and oxygen atoms in total. The summed E-state index contributed by atoms with van der Waals surface area (Å²) in [5.74, 6) is 0. The van der Waals surface area contributed by atoms with Gasteiger partial charge in [-0.3, -0.25) is 0 Å². The van der Waals surface area contributed by atoms with Crippen LogP contribution < -0.4 is 20.6 Å². The lowest BCUT2D eigenvalue weighted by atomic mass is 9.43. The van der Waals surface area contributed by atoms with Crippen molar-refractivity contribution in [1.29, 1.82) is 0 Å². The van der Waals surface area contributed by atoms with Gasteiger partial charge in [-0.1, -0.05) is 174 Å². The molecule has 0 aliphatic carbocycles. The van der Waals surface area contributed by atoms with Gasteiger partial charge in [0.2, 0.25) is 0 Å². The van der Waals surface area contributed by atoms with Gasteiger partial charge >= 0.3 is 6.85 Å². The largest absolute Gasteiger partial charge is 0.454 e. The van der Waals surface area contributed by atoms with Crippen molar-refractivity contribution < 1.29 is 8.83 Å². The zero-order chi connectivity index (χ0) is 52.5. The molecule has 0 saturated carbocycles. The summed E-state index contributed by atoms with van der Waals surface area (Å²) in [5.41, 5.74) is 22.3. The monoisotopic (exact) mass is 990 g/mol. The highest BCUT2D eigenvalue weighted by Gasteiger charge is 2.47. The fraction of sp³-hybridized carbons (Fsp3) is 0.229. The van der Waals surface area contributed by atoms with E-state index in [4.69, 9.17) is 8.83 Å². The summed E-state index contributed by atoms with van der Waals surface area (Å²) in [6, 6.07) is 64.0. The average molecular weight is 990 g/mol. The van der Waals surface area contributed by atoms with Crippen LogP contribution >= 0.6 is 0 Å². The minimum atomic E-state index is -0.293. The fourth-order valence-corrected chi connectivity index (χ4v) is 12.6. The maximum Gasteiger partial charge on any atom is 0.333 e. The van der Waals surface area contributed by atoms with Gasteiger partial charge in [-0.2, -0.15) is 0 Å². The molecule has 0 saturated heterocycles. The van der Waals surface area contributed by atoms with Gasteiger partial charge < -0.3 is 23.1 Å². The van der Waals surface area contributed by atoms with Crippen LogP contribution in [-0.2, 0) is 21.7 Å². The number of benzene rings is 9. The van der Waals surface area contributed by atoms with E-state index in [0.717, 1.165) is 83.6 Å². The second-order valence-electron chi connectivity index (χ2n) is 25.8. The van der Waals surface area contributed by atoms with Crippen LogP contribution in [0.1, 0.15) is 105 Å². The topological polar surface area (TPSA) is 37.7 Å². The lowest BCUT2D eigenvalue weighted by Crippen LogP contribution is -2.61. The zero-order valence-corrected chi connectivity index (χ0v) is 45.9. The molecule has 0 bridgehead atoms.